The van der Waals surface area contributed by atoms with E-state index in [9.17, 15) is 27.2 Å². The van der Waals surface area contributed by atoms with Crippen LogP contribution in [0.3, 0.4) is 0 Å². The van der Waals surface area contributed by atoms with Gasteiger partial charge in [-0.3, -0.25) is 9.59 Å². The average Bonchev–Trinajstić information content (AvgIpc) is 2.76. The molecule has 6 nitrogen and oxygen atoms in total. The molecule has 35 heavy (non-hydrogen) atoms. The first-order chi connectivity index (χ1) is 16.3. The number of nitrogens with zero attached hydrogens (tertiary/aromatic N) is 1. The van der Waals surface area contributed by atoms with Gasteiger partial charge in [0.05, 0.1) is 18.7 Å². The van der Waals surface area contributed by atoms with Crippen LogP contribution in [0.5, 0.6) is 5.75 Å². The fourth-order valence-corrected chi connectivity index (χ4v) is 3.59. The summed E-state index contributed by atoms with van der Waals surface area (Å²) in [6.07, 6.45) is -4.42. The number of H-pyrrole nitrogens is 1. The van der Waals surface area contributed by atoms with Crippen LogP contribution in [0.25, 0.3) is 0 Å². The number of aromatic amines is 1. The standard InChI is InChI=1S/C25H25F4N3O3/c1-24(2,3)22(15-6-8-16(9-7-15)25(27,28)29)32-23(34)18-13-21(33)31-20(30-18)12-14-5-10-19(35-4)17(26)11-14/h5-11,13,22H,12H2,1-4H3,(H,32,34)(H,30,31,33). The molecule has 0 saturated carbocycles. The lowest BCUT2D eigenvalue weighted by Crippen LogP contribution is -2.37. The summed E-state index contributed by atoms with van der Waals surface area (Å²) in [4.78, 5) is 31.9. The van der Waals surface area contributed by atoms with Gasteiger partial charge in [-0.05, 0) is 40.8 Å². The third-order valence-corrected chi connectivity index (χ3v) is 5.32. The number of carbonyl (C=O) groups is 1. The van der Waals surface area contributed by atoms with Crippen LogP contribution in [0.2, 0.25) is 0 Å². The van der Waals surface area contributed by atoms with Gasteiger partial charge in [0.25, 0.3) is 11.5 Å². The van der Waals surface area contributed by atoms with E-state index in [0.717, 1.165) is 18.2 Å². The van der Waals surface area contributed by atoms with E-state index in [1.165, 1.54) is 31.4 Å². The summed E-state index contributed by atoms with van der Waals surface area (Å²) in [5, 5.41) is 2.78. The lowest BCUT2D eigenvalue weighted by molar-refractivity contribution is -0.137. The van der Waals surface area contributed by atoms with Crippen molar-refractivity contribution in [3.8, 4) is 5.75 Å². The Kier molecular flexibility index (Phi) is 7.33. The number of carbonyl (C=O) groups excluding carboxylic acids is 1. The van der Waals surface area contributed by atoms with Crippen LogP contribution >= 0.6 is 0 Å². The fraction of sp³-hybridized carbons (Fsp3) is 0.320. The molecule has 1 aromatic heterocycles. The molecule has 0 aliphatic heterocycles. The fourth-order valence-electron chi connectivity index (χ4n) is 3.59. The first kappa shape index (κ1) is 25.9. The van der Waals surface area contributed by atoms with Crippen LogP contribution in [0, 0.1) is 11.2 Å². The van der Waals surface area contributed by atoms with E-state index >= 15 is 0 Å². The number of nitrogens with one attached hydrogen (secondary N) is 2. The first-order valence-electron chi connectivity index (χ1n) is 10.7. The van der Waals surface area contributed by atoms with Crippen molar-refractivity contribution in [1.29, 1.82) is 0 Å². The molecule has 0 radical (unpaired) electrons. The highest BCUT2D eigenvalue weighted by Gasteiger charge is 2.32. The van der Waals surface area contributed by atoms with Crippen molar-refractivity contribution in [1.82, 2.24) is 15.3 Å². The van der Waals surface area contributed by atoms with Gasteiger partial charge in [0.1, 0.15) is 11.5 Å². The van der Waals surface area contributed by atoms with E-state index in [2.05, 4.69) is 15.3 Å². The topological polar surface area (TPSA) is 84.1 Å². The number of halogens is 4. The lowest BCUT2D eigenvalue weighted by atomic mass is 9.82. The minimum atomic E-state index is -4.48. The highest BCUT2D eigenvalue weighted by Crippen LogP contribution is 2.35. The Bertz CT molecular complexity index is 1260. The summed E-state index contributed by atoms with van der Waals surface area (Å²) in [6.45, 7) is 5.47. The van der Waals surface area contributed by atoms with Gasteiger partial charge in [0, 0.05) is 12.5 Å². The molecule has 1 amide bonds. The van der Waals surface area contributed by atoms with Gasteiger partial charge >= 0.3 is 6.18 Å². The van der Waals surface area contributed by atoms with Gasteiger partial charge in [0.15, 0.2) is 11.6 Å². The number of rotatable bonds is 6. The second-order valence-electron chi connectivity index (χ2n) is 9.12. The van der Waals surface area contributed by atoms with E-state index in [1.54, 1.807) is 6.07 Å². The van der Waals surface area contributed by atoms with Gasteiger partial charge in [0.2, 0.25) is 0 Å². The number of ether oxygens (including phenoxy) is 1. The Morgan fingerprint density at radius 3 is 2.29 bits per heavy atom. The van der Waals surface area contributed by atoms with Crippen molar-refractivity contribution in [2.45, 2.75) is 39.4 Å². The minimum Gasteiger partial charge on any atom is -0.494 e. The van der Waals surface area contributed by atoms with E-state index < -0.39 is 40.5 Å². The number of hydrogen-bond acceptors (Lipinski definition) is 4. The first-order valence-corrected chi connectivity index (χ1v) is 10.7. The van der Waals surface area contributed by atoms with Gasteiger partial charge < -0.3 is 15.0 Å². The summed E-state index contributed by atoms with van der Waals surface area (Å²) in [5.74, 6) is -1.03. The van der Waals surface area contributed by atoms with Crippen LogP contribution in [-0.4, -0.2) is 23.0 Å². The number of alkyl halides is 3. The molecular formula is C25H25F4N3O3. The molecule has 0 fully saturated rings. The molecule has 2 N–H and O–H groups in total. The molecule has 1 heterocycles. The monoisotopic (exact) mass is 491 g/mol. The van der Waals surface area contributed by atoms with E-state index in [4.69, 9.17) is 4.74 Å². The van der Waals surface area contributed by atoms with Crippen molar-refractivity contribution in [2.24, 2.45) is 5.41 Å². The molecule has 10 heteroatoms. The zero-order chi connectivity index (χ0) is 26.0. The predicted molar refractivity (Wildman–Crippen MR) is 122 cm³/mol. The predicted octanol–water partition coefficient (Wildman–Crippen LogP) is 5.04. The smallest absolute Gasteiger partial charge is 0.416 e. The molecule has 1 unspecified atom stereocenters. The maximum Gasteiger partial charge on any atom is 0.416 e. The Balaban J connectivity index is 1.86. The largest absolute Gasteiger partial charge is 0.494 e. The summed E-state index contributed by atoms with van der Waals surface area (Å²) in [7, 11) is 1.34. The highest BCUT2D eigenvalue weighted by atomic mass is 19.4. The molecule has 3 aromatic rings. The second kappa shape index (κ2) is 9.89. The molecule has 0 aliphatic carbocycles. The van der Waals surface area contributed by atoms with Crippen LogP contribution in [0.4, 0.5) is 17.6 Å². The molecule has 2 aromatic carbocycles. The van der Waals surface area contributed by atoms with E-state index in [0.29, 0.717) is 11.1 Å². The number of aromatic nitrogens is 2. The molecular weight excluding hydrogens is 466 g/mol. The van der Waals surface area contributed by atoms with Crippen LogP contribution in [0.1, 0.15) is 59.8 Å². The van der Waals surface area contributed by atoms with Crippen LogP contribution < -0.4 is 15.6 Å². The molecule has 0 aliphatic rings. The number of hydrogen-bond donors (Lipinski definition) is 2. The average molecular weight is 491 g/mol. The van der Waals surface area contributed by atoms with Gasteiger partial charge in [-0.2, -0.15) is 13.2 Å². The Hall–Kier alpha value is -3.69. The van der Waals surface area contributed by atoms with Crippen molar-refractivity contribution >= 4 is 5.91 Å². The van der Waals surface area contributed by atoms with Crippen LogP contribution in [-0.2, 0) is 12.6 Å². The van der Waals surface area contributed by atoms with Gasteiger partial charge in [-0.25, -0.2) is 9.37 Å². The van der Waals surface area contributed by atoms with E-state index in [1.807, 2.05) is 20.8 Å². The zero-order valence-corrected chi connectivity index (χ0v) is 19.6. The lowest BCUT2D eigenvalue weighted by Gasteiger charge is -2.32. The third kappa shape index (κ3) is 6.46. The molecule has 0 spiro atoms. The molecule has 3 rings (SSSR count). The van der Waals surface area contributed by atoms with Crippen molar-refractivity contribution in [3.05, 3.63) is 92.9 Å². The Morgan fingerprint density at radius 1 is 1.09 bits per heavy atom. The number of methoxy groups -OCH3 is 1. The normalized spacial score (nSPS) is 12.8. The molecule has 0 bridgehead atoms. The zero-order valence-electron chi connectivity index (χ0n) is 19.6. The quantitative estimate of drug-likeness (QED) is 0.473. The van der Waals surface area contributed by atoms with Crippen molar-refractivity contribution < 1.29 is 27.1 Å². The number of benzene rings is 2. The maximum atomic E-state index is 14.0. The Labute approximate surface area is 199 Å². The summed E-state index contributed by atoms with van der Waals surface area (Å²) < 4.78 is 57.7. The minimum absolute atomic E-state index is 0.0544. The molecule has 0 saturated heterocycles. The van der Waals surface area contributed by atoms with Crippen molar-refractivity contribution in [3.63, 3.8) is 0 Å². The highest BCUT2D eigenvalue weighted by molar-refractivity contribution is 5.92. The summed E-state index contributed by atoms with van der Waals surface area (Å²) in [6, 6.07) is 9.19. The summed E-state index contributed by atoms with van der Waals surface area (Å²) in [5.41, 5.74) is -1.13. The number of amides is 1. The Morgan fingerprint density at radius 2 is 1.74 bits per heavy atom. The second-order valence-corrected chi connectivity index (χ2v) is 9.12. The van der Waals surface area contributed by atoms with Gasteiger partial charge in [-0.15, -0.1) is 0 Å². The SMILES string of the molecule is COc1ccc(Cc2nc(C(=O)NC(c3ccc(C(F)(F)F)cc3)C(C)(C)C)cc(=O)[nH]2)cc1F. The van der Waals surface area contributed by atoms with E-state index in [-0.39, 0.29) is 23.7 Å². The summed E-state index contributed by atoms with van der Waals surface area (Å²) >= 11 is 0. The third-order valence-electron chi connectivity index (χ3n) is 5.32. The molecule has 1 atom stereocenters. The van der Waals surface area contributed by atoms with Crippen molar-refractivity contribution in [2.75, 3.05) is 7.11 Å². The molecule has 186 valence electrons. The van der Waals surface area contributed by atoms with Gasteiger partial charge in [-0.1, -0.05) is 39.0 Å². The maximum absolute atomic E-state index is 14.0. The van der Waals surface area contributed by atoms with Crippen LogP contribution in [0.15, 0.2) is 53.3 Å².